The van der Waals surface area contributed by atoms with Gasteiger partial charge in [-0.2, -0.15) is 13.2 Å². The molecule has 0 bridgehead atoms. The van der Waals surface area contributed by atoms with E-state index in [0.717, 1.165) is 63.4 Å². The lowest BCUT2D eigenvalue weighted by molar-refractivity contribution is -0.141. The van der Waals surface area contributed by atoms with E-state index < -0.39 is 11.9 Å². The first-order chi connectivity index (χ1) is 11.3. The Balaban J connectivity index is 1.73. The molecule has 2 heterocycles. The van der Waals surface area contributed by atoms with Gasteiger partial charge >= 0.3 is 6.18 Å². The molecule has 1 aromatic rings. The van der Waals surface area contributed by atoms with Crippen LogP contribution in [0.1, 0.15) is 44.2 Å². The number of pyridine rings is 1. The molecule has 0 spiro atoms. The molecule has 2 unspecified atom stereocenters. The van der Waals surface area contributed by atoms with E-state index in [1.807, 2.05) is 0 Å². The van der Waals surface area contributed by atoms with Crippen LogP contribution in [0.25, 0.3) is 0 Å². The van der Waals surface area contributed by atoms with Gasteiger partial charge in [0.1, 0.15) is 5.69 Å². The second-order valence-corrected chi connectivity index (χ2v) is 7.15. The number of alkyl halides is 3. The lowest BCUT2D eigenvalue weighted by atomic mass is 9.68. The third-order valence-electron chi connectivity index (χ3n) is 5.65. The molecule has 3 atom stereocenters. The van der Waals surface area contributed by atoms with Crippen molar-refractivity contribution in [3.63, 3.8) is 0 Å². The maximum absolute atomic E-state index is 12.7. The highest BCUT2D eigenvalue weighted by Crippen LogP contribution is 2.37. The molecule has 0 radical (unpaired) electrons. The van der Waals surface area contributed by atoms with Crippen molar-refractivity contribution in [2.75, 3.05) is 18.0 Å². The number of hydrogen-bond acceptors (Lipinski definition) is 4. The van der Waals surface area contributed by atoms with Crippen LogP contribution in [0.15, 0.2) is 18.3 Å². The van der Waals surface area contributed by atoms with Gasteiger partial charge < -0.3 is 16.4 Å². The summed E-state index contributed by atoms with van der Waals surface area (Å²) in [7, 11) is 0. The smallest absolute Gasteiger partial charge is 0.370 e. The predicted molar refractivity (Wildman–Crippen MR) is 87.5 cm³/mol. The predicted octanol–water partition coefficient (Wildman–Crippen LogP) is 2.92. The topological polar surface area (TPSA) is 68.2 Å². The molecule has 7 heteroatoms. The summed E-state index contributed by atoms with van der Waals surface area (Å²) >= 11 is 0. The first-order valence-corrected chi connectivity index (χ1v) is 8.63. The Labute approximate surface area is 140 Å². The number of halogens is 3. The summed E-state index contributed by atoms with van der Waals surface area (Å²) in [5, 5.41) is 0. The second kappa shape index (κ2) is 6.52. The Morgan fingerprint density at radius 2 is 1.96 bits per heavy atom. The average Bonchev–Trinajstić information content (AvgIpc) is 2.57. The quantitative estimate of drug-likeness (QED) is 0.867. The van der Waals surface area contributed by atoms with E-state index in [9.17, 15) is 13.2 Å². The van der Waals surface area contributed by atoms with Crippen LogP contribution >= 0.6 is 0 Å². The SMILES string of the molecule is NC1CCCC[C@]1(N)C1CCCN(c2ccc(C(F)(F)F)nc2)C1. The summed E-state index contributed by atoms with van der Waals surface area (Å²) in [6.07, 6.45) is 3.01. The highest BCUT2D eigenvalue weighted by molar-refractivity contribution is 5.45. The fourth-order valence-corrected chi connectivity index (χ4v) is 4.15. The monoisotopic (exact) mass is 342 g/mol. The zero-order chi connectivity index (χ0) is 17.4. The van der Waals surface area contributed by atoms with E-state index in [4.69, 9.17) is 11.5 Å². The minimum absolute atomic E-state index is 0.00179. The number of piperidine rings is 1. The van der Waals surface area contributed by atoms with Crippen molar-refractivity contribution in [1.29, 1.82) is 0 Å². The van der Waals surface area contributed by atoms with E-state index in [0.29, 0.717) is 0 Å². The van der Waals surface area contributed by atoms with Crippen LogP contribution in [0.3, 0.4) is 0 Å². The van der Waals surface area contributed by atoms with Gasteiger partial charge in [0.2, 0.25) is 0 Å². The molecule has 1 saturated heterocycles. The molecule has 1 aliphatic carbocycles. The fourth-order valence-electron chi connectivity index (χ4n) is 4.15. The Hall–Kier alpha value is -1.34. The molecular weight excluding hydrogens is 317 g/mol. The highest BCUT2D eigenvalue weighted by Gasteiger charge is 2.43. The first-order valence-electron chi connectivity index (χ1n) is 8.63. The minimum atomic E-state index is -4.40. The molecule has 24 heavy (non-hydrogen) atoms. The van der Waals surface area contributed by atoms with E-state index >= 15 is 0 Å². The zero-order valence-corrected chi connectivity index (χ0v) is 13.7. The van der Waals surface area contributed by atoms with E-state index in [1.165, 1.54) is 12.3 Å². The van der Waals surface area contributed by atoms with E-state index in [-0.39, 0.29) is 17.5 Å². The van der Waals surface area contributed by atoms with Crippen LogP contribution in [0.4, 0.5) is 18.9 Å². The van der Waals surface area contributed by atoms with E-state index in [1.54, 1.807) is 0 Å². The molecule has 1 saturated carbocycles. The molecule has 134 valence electrons. The van der Waals surface area contributed by atoms with Crippen LogP contribution in [0.5, 0.6) is 0 Å². The molecule has 4 N–H and O–H groups in total. The van der Waals surface area contributed by atoms with Gasteiger partial charge in [0.15, 0.2) is 0 Å². The minimum Gasteiger partial charge on any atom is -0.370 e. The van der Waals surface area contributed by atoms with Crippen LogP contribution in [0, 0.1) is 5.92 Å². The van der Waals surface area contributed by atoms with Crippen LogP contribution < -0.4 is 16.4 Å². The molecule has 0 amide bonds. The summed E-state index contributed by atoms with van der Waals surface area (Å²) in [6.45, 7) is 1.55. The lowest BCUT2D eigenvalue weighted by Gasteiger charge is -2.49. The Bertz CT molecular complexity index is 560. The Morgan fingerprint density at radius 1 is 1.17 bits per heavy atom. The molecule has 1 aromatic heterocycles. The van der Waals surface area contributed by atoms with Gasteiger partial charge in [0.05, 0.1) is 11.9 Å². The van der Waals surface area contributed by atoms with Crippen molar-refractivity contribution >= 4 is 5.69 Å². The van der Waals surface area contributed by atoms with Gasteiger partial charge in [-0.15, -0.1) is 0 Å². The van der Waals surface area contributed by atoms with Gasteiger partial charge in [-0.05, 0) is 43.7 Å². The summed E-state index contributed by atoms with van der Waals surface area (Å²) in [5.74, 6) is 0.267. The van der Waals surface area contributed by atoms with Gasteiger partial charge in [0, 0.05) is 24.7 Å². The summed E-state index contributed by atoms with van der Waals surface area (Å²) in [5.41, 5.74) is 12.5. The normalized spacial score (nSPS) is 32.0. The largest absolute Gasteiger partial charge is 0.433 e. The van der Waals surface area contributed by atoms with E-state index in [2.05, 4.69) is 9.88 Å². The second-order valence-electron chi connectivity index (χ2n) is 7.15. The van der Waals surface area contributed by atoms with Gasteiger partial charge in [-0.1, -0.05) is 12.8 Å². The van der Waals surface area contributed by atoms with Crippen molar-refractivity contribution in [1.82, 2.24) is 4.98 Å². The van der Waals surface area contributed by atoms with Crippen molar-refractivity contribution in [2.24, 2.45) is 17.4 Å². The number of rotatable bonds is 2. The molecular formula is C17H25F3N4. The summed E-state index contributed by atoms with van der Waals surface area (Å²) in [4.78, 5) is 5.67. The maximum atomic E-state index is 12.7. The van der Waals surface area contributed by atoms with Gasteiger partial charge in [-0.3, -0.25) is 0 Å². The third-order valence-corrected chi connectivity index (χ3v) is 5.65. The summed E-state index contributed by atoms with van der Waals surface area (Å²) < 4.78 is 38.0. The fraction of sp³-hybridized carbons (Fsp3) is 0.706. The lowest BCUT2D eigenvalue weighted by Crippen LogP contribution is -2.64. The van der Waals surface area contributed by atoms with Crippen molar-refractivity contribution in [3.05, 3.63) is 24.0 Å². The highest BCUT2D eigenvalue weighted by atomic mass is 19.4. The Kier molecular flexibility index (Phi) is 4.75. The first kappa shape index (κ1) is 17.5. The number of nitrogens with zero attached hydrogens (tertiary/aromatic N) is 2. The Morgan fingerprint density at radius 3 is 2.58 bits per heavy atom. The average molecular weight is 342 g/mol. The third kappa shape index (κ3) is 3.37. The van der Waals surface area contributed by atoms with Crippen LogP contribution in [-0.4, -0.2) is 29.7 Å². The van der Waals surface area contributed by atoms with Crippen LogP contribution in [0.2, 0.25) is 0 Å². The number of hydrogen-bond donors (Lipinski definition) is 2. The van der Waals surface area contributed by atoms with Crippen molar-refractivity contribution in [3.8, 4) is 0 Å². The number of anilines is 1. The van der Waals surface area contributed by atoms with Crippen LogP contribution in [-0.2, 0) is 6.18 Å². The van der Waals surface area contributed by atoms with Gasteiger partial charge in [0.25, 0.3) is 0 Å². The zero-order valence-electron chi connectivity index (χ0n) is 13.7. The number of aromatic nitrogens is 1. The standard InChI is InChI=1S/C17H25F3N4/c18-17(19,20)15-7-6-13(10-23-15)24-9-3-4-12(11-24)16(22)8-2-1-5-14(16)21/h6-7,10,12,14H,1-5,8-9,11,21-22H2/t12?,14?,16-/m0/s1. The molecule has 4 nitrogen and oxygen atoms in total. The van der Waals surface area contributed by atoms with Crippen molar-refractivity contribution < 1.29 is 13.2 Å². The van der Waals surface area contributed by atoms with Gasteiger partial charge in [-0.25, -0.2) is 4.98 Å². The molecule has 2 aliphatic rings. The molecule has 0 aromatic carbocycles. The summed E-state index contributed by atoms with van der Waals surface area (Å²) in [6, 6.07) is 2.55. The molecule has 3 rings (SSSR count). The number of nitrogens with two attached hydrogens (primary N) is 2. The molecule has 1 aliphatic heterocycles. The molecule has 2 fully saturated rings. The maximum Gasteiger partial charge on any atom is 0.433 e. The van der Waals surface area contributed by atoms with Crippen molar-refractivity contribution in [2.45, 2.75) is 56.3 Å².